The zero-order valence-corrected chi connectivity index (χ0v) is 21.0. The number of methoxy groups -OCH3 is 1. The van der Waals surface area contributed by atoms with Crippen LogP contribution in [0.1, 0.15) is 41.6 Å². The molecule has 8 heteroatoms. The standard InChI is InChI=1S/C28H28ClN5O2/c1-35-22-10-11-27-25(18-22)23(24-4-2-14-31-26(24)19-36-27)5-3-15-34-16-12-28(13-17-34,32-33-30)20-6-8-21(29)9-7-20/h2,4-11,14,18H,3,12-13,15-17,19H2,1H3. The fourth-order valence-electron chi connectivity index (χ4n) is 5.11. The maximum Gasteiger partial charge on any atom is 0.131 e. The van der Waals surface area contributed by atoms with E-state index in [1.54, 1.807) is 13.3 Å². The van der Waals surface area contributed by atoms with Crippen LogP contribution in [-0.2, 0) is 12.1 Å². The fourth-order valence-corrected chi connectivity index (χ4v) is 5.24. The van der Waals surface area contributed by atoms with Crippen molar-refractivity contribution >= 4 is 17.2 Å². The average Bonchev–Trinajstić information content (AvgIpc) is 3.07. The number of piperidine rings is 1. The third kappa shape index (κ3) is 4.91. The van der Waals surface area contributed by atoms with Crippen LogP contribution >= 0.6 is 11.6 Å². The first kappa shape index (κ1) is 24.2. The Morgan fingerprint density at radius 2 is 1.97 bits per heavy atom. The predicted molar refractivity (Wildman–Crippen MR) is 141 cm³/mol. The summed E-state index contributed by atoms with van der Waals surface area (Å²) >= 11 is 6.07. The summed E-state index contributed by atoms with van der Waals surface area (Å²) in [7, 11) is 1.68. The van der Waals surface area contributed by atoms with Gasteiger partial charge in [0, 0.05) is 33.8 Å². The number of fused-ring (bicyclic) bond motifs is 2. The van der Waals surface area contributed by atoms with Crippen LogP contribution in [0.3, 0.4) is 0 Å². The maximum atomic E-state index is 9.26. The van der Waals surface area contributed by atoms with E-state index in [1.807, 2.05) is 48.5 Å². The molecule has 0 radical (unpaired) electrons. The second-order valence-corrected chi connectivity index (χ2v) is 9.56. The normalized spacial score (nSPS) is 17.8. The molecule has 0 bridgehead atoms. The number of azide groups is 1. The van der Waals surface area contributed by atoms with E-state index in [1.165, 1.54) is 0 Å². The molecule has 2 aliphatic heterocycles. The molecule has 2 aliphatic rings. The SMILES string of the molecule is COc1ccc2c(c1)C(=CCCN1CCC(N=[N+]=[N-])(c3ccc(Cl)cc3)CC1)c1cccnc1CO2. The highest BCUT2D eigenvalue weighted by Gasteiger charge is 2.35. The second-order valence-electron chi connectivity index (χ2n) is 9.12. The van der Waals surface area contributed by atoms with Gasteiger partial charge in [0.1, 0.15) is 18.1 Å². The first-order valence-electron chi connectivity index (χ1n) is 12.1. The van der Waals surface area contributed by atoms with Crippen LogP contribution in [0, 0.1) is 0 Å². The minimum absolute atomic E-state index is 0.436. The molecule has 5 rings (SSSR count). The molecule has 0 amide bonds. The molecule has 0 unspecified atom stereocenters. The van der Waals surface area contributed by atoms with Crippen LogP contribution in [-0.4, -0.2) is 36.6 Å². The number of likely N-dealkylation sites (tertiary alicyclic amines) is 1. The van der Waals surface area contributed by atoms with Gasteiger partial charge < -0.3 is 14.4 Å². The molecule has 2 aromatic carbocycles. The summed E-state index contributed by atoms with van der Waals surface area (Å²) in [6.45, 7) is 3.06. The summed E-state index contributed by atoms with van der Waals surface area (Å²) in [6.07, 6.45) is 6.50. The summed E-state index contributed by atoms with van der Waals surface area (Å²) < 4.78 is 11.6. The van der Waals surface area contributed by atoms with Gasteiger partial charge in [-0.05, 0) is 85.4 Å². The van der Waals surface area contributed by atoms with Crippen molar-refractivity contribution in [3.8, 4) is 11.5 Å². The van der Waals surface area contributed by atoms with E-state index in [0.29, 0.717) is 11.6 Å². The van der Waals surface area contributed by atoms with Crippen LogP contribution in [0.4, 0.5) is 0 Å². The van der Waals surface area contributed by atoms with Gasteiger partial charge in [-0.1, -0.05) is 41.0 Å². The summed E-state index contributed by atoms with van der Waals surface area (Å²) in [5, 5.41) is 4.93. The van der Waals surface area contributed by atoms with Gasteiger partial charge in [0.25, 0.3) is 0 Å². The number of hydrogen-bond acceptors (Lipinski definition) is 5. The minimum atomic E-state index is -0.521. The Kier molecular flexibility index (Phi) is 7.14. The molecule has 0 N–H and O–H groups in total. The van der Waals surface area contributed by atoms with E-state index in [0.717, 1.165) is 78.4 Å². The van der Waals surface area contributed by atoms with Crippen molar-refractivity contribution < 1.29 is 9.47 Å². The predicted octanol–water partition coefficient (Wildman–Crippen LogP) is 6.76. The quantitative estimate of drug-likeness (QED) is 0.212. The highest BCUT2D eigenvalue weighted by molar-refractivity contribution is 6.30. The van der Waals surface area contributed by atoms with Crippen LogP contribution in [0.2, 0.25) is 5.02 Å². The molecular weight excluding hydrogens is 474 g/mol. The Balaban J connectivity index is 1.34. The first-order valence-corrected chi connectivity index (χ1v) is 12.5. The van der Waals surface area contributed by atoms with Gasteiger partial charge in [0.2, 0.25) is 0 Å². The Morgan fingerprint density at radius 3 is 2.72 bits per heavy atom. The maximum absolute atomic E-state index is 9.26. The van der Waals surface area contributed by atoms with Crippen molar-refractivity contribution in [2.75, 3.05) is 26.7 Å². The zero-order valence-electron chi connectivity index (χ0n) is 20.2. The molecule has 184 valence electrons. The van der Waals surface area contributed by atoms with E-state index in [-0.39, 0.29) is 0 Å². The highest BCUT2D eigenvalue weighted by atomic mass is 35.5. The number of rotatable bonds is 6. The Hall–Kier alpha value is -3.51. The first-order chi connectivity index (χ1) is 17.6. The lowest BCUT2D eigenvalue weighted by Crippen LogP contribution is -2.41. The van der Waals surface area contributed by atoms with Gasteiger partial charge in [0.05, 0.1) is 18.3 Å². The smallest absolute Gasteiger partial charge is 0.131 e. The number of hydrogen-bond donors (Lipinski definition) is 0. The summed E-state index contributed by atoms with van der Waals surface area (Å²) in [4.78, 5) is 10.2. The summed E-state index contributed by atoms with van der Waals surface area (Å²) in [5.41, 5.74) is 13.9. The van der Waals surface area contributed by atoms with E-state index >= 15 is 0 Å². The van der Waals surface area contributed by atoms with Crippen LogP contribution in [0.15, 0.2) is 72.0 Å². The second kappa shape index (κ2) is 10.6. The molecule has 3 heterocycles. The average molecular weight is 502 g/mol. The topological polar surface area (TPSA) is 83.4 Å². The van der Waals surface area contributed by atoms with E-state index in [4.69, 9.17) is 21.1 Å². The Morgan fingerprint density at radius 1 is 1.17 bits per heavy atom. The van der Waals surface area contributed by atoms with E-state index in [9.17, 15) is 5.53 Å². The lowest BCUT2D eigenvalue weighted by atomic mass is 9.81. The number of ether oxygens (including phenoxy) is 2. The van der Waals surface area contributed by atoms with Crippen molar-refractivity contribution in [2.24, 2.45) is 5.11 Å². The molecule has 1 fully saturated rings. The van der Waals surface area contributed by atoms with Crippen molar-refractivity contribution in [3.05, 3.63) is 105 Å². The molecule has 7 nitrogen and oxygen atoms in total. The number of halogens is 1. The van der Waals surface area contributed by atoms with Crippen molar-refractivity contribution in [1.82, 2.24) is 9.88 Å². The molecule has 0 spiro atoms. The van der Waals surface area contributed by atoms with Crippen molar-refractivity contribution in [2.45, 2.75) is 31.4 Å². The van der Waals surface area contributed by atoms with Crippen molar-refractivity contribution in [3.63, 3.8) is 0 Å². The Bertz CT molecular complexity index is 1310. The van der Waals surface area contributed by atoms with E-state index < -0.39 is 5.54 Å². The summed E-state index contributed by atoms with van der Waals surface area (Å²) in [6, 6.07) is 17.7. The largest absolute Gasteiger partial charge is 0.497 e. The van der Waals surface area contributed by atoms with Crippen molar-refractivity contribution in [1.29, 1.82) is 0 Å². The summed E-state index contributed by atoms with van der Waals surface area (Å²) in [5.74, 6) is 1.63. The number of pyridine rings is 1. The van der Waals surface area contributed by atoms with Gasteiger partial charge >= 0.3 is 0 Å². The highest BCUT2D eigenvalue weighted by Crippen LogP contribution is 2.40. The van der Waals surface area contributed by atoms with Gasteiger partial charge in [-0.25, -0.2) is 0 Å². The van der Waals surface area contributed by atoms with Gasteiger partial charge in [-0.15, -0.1) is 0 Å². The molecule has 0 atom stereocenters. The number of nitrogens with zero attached hydrogens (tertiary/aromatic N) is 5. The molecule has 3 aromatic rings. The molecular formula is C28H28ClN5O2. The number of aromatic nitrogens is 1. The fraction of sp³-hybridized carbons (Fsp3) is 0.321. The van der Waals surface area contributed by atoms with Gasteiger partial charge in [0.15, 0.2) is 0 Å². The molecule has 1 aromatic heterocycles. The molecule has 36 heavy (non-hydrogen) atoms. The molecule has 0 saturated carbocycles. The molecule has 1 saturated heterocycles. The minimum Gasteiger partial charge on any atom is -0.497 e. The van der Waals surface area contributed by atoms with Crippen LogP contribution in [0.5, 0.6) is 11.5 Å². The van der Waals surface area contributed by atoms with Crippen LogP contribution < -0.4 is 9.47 Å². The lowest BCUT2D eigenvalue weighted by Gasteiger charge is -2.39. The van der Waals surface area contributed by atoms with Crippen LogP contribution in [0.25, 0.3) is 16.0 Å². The lowest BCUT2D eigenvalue weighted by molar-refractivity contribution is 0.164. The number of benzene rings is 2. The van der Waals surface area contributed by atoms with Gasteiger partial charge in [-0.3, -0.25) is 4.98 Å². The zero-order chi connectivity index (χ0) is 25.0. The van der Waals surface area contributed by atoms with Gasteiger partial charge in [-0.2, -0.15) is 0 Å². The van der Waals surface area contributed by atoms with E-state index in [2.05, 4.69) is 32.1 Å². The third-order valence-corrected chi connectivity index (χ3v) is 7.37. The monoisotopic (exact) mass is 501 g/mol. The Labute approximate surface area is 216 Å². The molecule has 0 aliphatic carbocycles. The third-order valence-electron chi connectivity index (χ3n) is 7.12.